The largest absolute Gasteiger partial charge is 0.480 e. The number of rotatable bonds is 6. The molecule has 0 aromatic heterocycles. The zero-order valence-corrected chi connectivity index (χ0v) is 12.0. The van der Waals surface area contributed by atoms with Crippen LogP contribution < -0.4 is 10.6 Å². The Balaban J connectivity index is 1.79. The van der Waals surface area contributed by atoms with Crippen molar-refractivity contribution in [3.05, 3.63) is 42.0 Å². The average Bonchev–Trinajstić information content (AvgIpc) is 3.29. The molecule has 1 aromatic rings. The number of carboxylic acid groups (broad SMARTS) is 1. The Hall–Kier alpha value is -2.30. The Kier molecular flexibility index (Phi) is 4.62. The Morgan fingerprint density at radius 3 is 2.57 bits per heavy atom. The minimum atomic E-state index is -1.17. The maximum Gasteiger partial charge on any atom is 0.329 e. The second kappa shape index (κ2) is 6.43. The maximum atomic E-state index is 11.8. The van der Waals surface area contributed by atoms with Crippen LogP contribution in [0.5, 0.6) is 0 Å². The van der Waals surface area contributed by atoms with Gasteiger partial charge in [-0.3, -0.25) is 0 Å². The van der Waals surface area contributed by atoms with E-state index >= 15 is 0 Å². The number of nitrogens with one attached hydrogen (secondary N) is 2. The average molecular weight is 288 g/mol. The molecule has 0 aliphatic heterocycles. The molecular weight excluding hydrogens is 268 g/mol. The molecule has 5 heteroatoms. The third-order valence-electron chi connectivity index (χ3n) is 3.70. The molecule has 1 unspecified atom stereocenters. The third kappa shape index (κ3) is 4.08. The predicted molar refractivity (Wildman–Crippen MR) is 80.8 cm³/mol. The molecule has 1 saturated carbocycles. The van der Waals surface area contributed by atoms with Crippen molar-refractivity contribution < 1.29 is 14.7 Å². The molecule has 1 atom stereocenters. The van der Waals surface area contributed by atoms with Gasteiger partial charge in [-0.05, 0) is 31.2 Å². The van der Waals surface area contributed by atoms with E-state index in [2.05, 4.69) is 10.6 Å². The summed E-state index contributed by atoms with van der Waals surface area (Å²) in [4.78, 5) is 23.1. The number of hydrogen-bond donors (Lipinski definition) is 3. The fraction of sp³-hybridized carbons (Fsp3) is 0.375. The van der Waals surface area contributed by atoms with E-state index in [0.29, 0.717) is 6.54 Å². The Morgan fingerprint density at radius 1 is 1.33 bits per heavy atom. The van der Waals surface area contributed by atoms with Crippen LogP contribution in [0.1, 0.15) is 25.3 Å². The fourth-order valence-electron chi connectivity index (χ4n) is 2.18. The van der Waals surface area contributed by atoms with Gasteiger partial charge in [-0.25, -0.2) is 9.59 Å². The smallest absolute Gasteiger partial charge is 0.329 e. The van der Waals surface area contributed by atoms with Crippen molar-refractivity contribution >= 4 is 18.1 Å². The van der Waals surface area contributed by atoms with Gasteiger partial charge in [0.1, 0.15) is 5.54 Å². The lowest BCUT2D eigenvalue weighted by atomic mass is 9.96. The molecule has 1 fully saturated rings. The van der Waals surface area contributed by atoms with Gasteiger partial charge in [0.25, 0.3) is 0 Å². The molecule has 2 amide bonds. The number of aliphatic carboxylic acids is 1. The molecule has 1 aromatic carbocycles. The molecule has 21 heavy (non-hydrogen) atoms. The van der Waals surface area contributed by atoms with Gasteiger partial charge in [0, 0.05) is 6.54 Å². The minimum absolute atomic E-state index is 0.0283. The first-order chi connectivity index (χ1) is 10.0. The van der Waals surface area contributed by atoms with Crippen LogP contribution in [0, 0.1) is 5.92 Å². The molecule has 3 N–H and O–H groups in total. The second-order valence-corrected chi connectivity index (χ2v) is 5.43. The molecule has 0 heterocycles. The van der Waals surface area contributed by atoms with Gasteiger partial charge < -0.3 is 15.7 Å². The highest BCUT2D eigenvalue weighted by Gasteiger charge is 2.48. The molecule has 0 radical (unpaired) electrons. The van der Waals surface area contributed by atoms with Crippen molar-refractivity contribution in [3.63, 3.8) is 0 Å². The van der Waals surface area contributed by atoms with Crippen LogP contribution in [-0.2, 0) is 4.79 Å². The van der Waals surface area contributed by atoms with Crippen LogP contribution in [0.15, 0.2) is 36.4 Å². The number of carboxylic acids is 1. The van der Waals surface area contributed by atoms with Gasteiger partial charge in [-0.1, -0.05) is 42.5 Å². The molecule has 0 bridgehead atoms. The molecule has 5 nitrogen and oxygen atoms in total. The summed E-state index contributed by atoms with van der Waals surface area (Å²) in [6.07, 6.45) is 5.41. The predicted octanol–water partition coefficient (Wildman–Crippen LogP) is 2.25. The van der Waals surface area contributed by atoms with Crippen molar-refractivity contribution in [2.75, 3.05) is 6.54 Å². The highest BCUT2D eigenvalue weighted by Crippen LogP contribution is 2.39. The first-order valence-electron chi connectivity index (χ1n) is 7.03. The van der Waals surface area contributed by atoms with E-state index in [9.17, 15) is 14.7 Å². The van der Waals surface area contributed by atoms with Crippen LogP contribution in [0.2, 0.25) is 0 Å². The fourth-order valence-corrected chi connectivity index (χ4v) is 2.18. The van der Waals surface area contributed by atoms with Crippen molar-refractivity contribution in [3.8, 4) is 0 Å². The van der Waals surface area contributed by atoms with Crippen LogP contribution in [0.4, 0.5) is 4.79 Å². The molecule has 1 aliphatic rings. The van der Waals surface area contributed by atoms with Gasteiger partial charge in [0.2, 0.25) is 0 Å². The summed E-state index contributed by atoms with van der Waals surface area (Å²) in [6, 6.07) is 9.29. The van der Waals surface area contributed by atoms with E-state index in [1.165, 1.54) is 0 Å². The molecule has 112 valence electrons. The van der Waals surface area contributed by atoms with Crippen LogP contribution >= 0.6 is 0 Å². The van der Waals surface area contributed by atoms with E-state index < -0.39 is 17.5 Å². The number of carbonyl (C=O) groups is 2. The summed E-state index contributed by atoms with van der Waals surface area (Å²) in [7, 11) is 0. The standard InChI is InChI=1S/C16H20N2O3/c1-16(14(19)20,13-9-10-13)18-15(21)17-11-5-8-12-6-3-2-4-7-12/h2-8,13H,9-11H2,1H3,(H,19,20)(H2,17,18,21)/b8-5+. The van der Waals surface area contributed by atoms with E-state index in [-0.39, 0.29) is 5.92 Å². The highest BCUT2D eigenvalue weighted by atomic mass is 16.4. The Morgan fingerprint density at radius 2 is 2.00 bits per heavy atom. The summed E-state index contributed by atoms with van der Waals surface area (Å²) >= 11 is 0. The van der Waals surface area contributed by atoms with Gasteiger partial charge in [0.15, 0.2) is 0 Å². The van der Waals surface area contributed by atoms with Gasteiger partial charge in [-0.15, -0.1) is 0 Å². The molecule has 1 aliphatic carbocycles. The normalized spacial score (nSPS) is 17.2. The Labute approximate surface area is 124 Å². The van der Waals surface area contributed by atoms with Crippen molar-refractivity contribution in [1.29, 1.82) is 0 Å². The van der Waals surface area contributed by atoms with Crippen LogP contribution in [0.3, 0.4) is 0 Å². The number of hydrogen-bond acceptors (Lipinski definition) is 2. The number of urea groups is 1. The quantitative estimate of drug-likeness (QED) is 0.751. The lowest BCUT2D eigenvalue weighted by molar-refractivity contribution is -0.144. The van der Waals surface area contributed by atoms with Gasteiger partial charge in [-0.2, -0.15) is 0 Å². The molecule has 2 rings (SSSR count). The minimum Gasteiger partial charge on any atom is -0.480 e. The third-order valence-corrected chi connectivity index (χ3v) is 3.70. The zero-order chi connectivity index (χ0) is 15.3. The zero-order valence-electron chi connectivity index (χ0n) is 12.0. The first-order valence-corrected chi connectivity index (χ1v) is 7.03. The molecular formula is C16H20N2O3. The van der Waals surface area contributed by atoms with E-state index in [1.807, 2.05) is 42.5 Å². The second-order valence-electron chi connectivity index (χ2n) is 5.43. The van der Waals surface area contributed by atoms with E-state index in [4.69, 9.17) is 0 Å². The SMILES string of the molecule is CC(NC(=O)NC/C=C/c1ccccc1)(C(=O)O)C1CC1. The van der Waals surface area contributed by atoms with Crippen LogP contribution in [0.25, 0.3) is 6.08 Å². The Bertz CT molecular complexity index is 538. The highest BCUT2D eigenvalue weighted by molar-refractivity contribution is 5.86. The van der Waals surface area contributed by atoms with E-state index in [0.717, 1.165) is 18.4 Å². The van der Waals surface area contributed by atoms with E-state index in [1.54, 1.807) is 6.92 Å². The summed E-state index contributed by atoms with van der Waals surface area (Å²) in [5.74, 6) is -0.958. The summed E-state index contributed by atoms with van der Waals surface area (Å²) < 4.78 is 0. The number of benzene rings is 1. The number of amides is 2. The van der Waals surface area contributed by atoms with Gasteiger partial charge >= 0.3 is 12.0 Å². The summed E-state index contributed by atoms with van der Waals surface area (Å²) in [6.45, 7) is 1.91. The maximum absolute atomic E-state index is 11.8. The number of carbonyl (C=O) groups excluding carboxylic acids is 1. The topological polar surface area (TPSA) is 78.4 Å². The first kappa shape index (κ1) is 15.1. The van der Waals surface area contributed by atoms with Gasteiger partial charge in [0.05, 0.1) is 0 Å². The van der Waals surface area contributed by atoms with Crippen molar-refractivity contribution in [2.45, 2.75) is 25.3 Å². The molecule has 0 spiro atoms. The van der Waals surface area contributed by atoms with Crippen LogP contribution in [-0.4, -0.2) is 29.2 Å². The molecule has 0 saturated heterocycles. The van der Waals surface area contributed by atoms with Crippen molar-refractivity contribution in [2.24, 2.45) is 5.92 Å². The van der Waals surface area contributed by atoms with Crippen molar-refractivity contribution in [1.82, 2.24) is 10.6 Å². The monoisotopic (exact) mass is 288 g/mol. The lowest BCUT2D eigenvalue weighted by Gasteiger charge is -2.26. The summed E-state index contributed by atoms with van der Waals surface area (Å²) in [5.41, 5.74) is -0.124. The summed E-state index contributed by atoms with van der Waals surface area (Å²) in [5, 5.41) is 14.5. The lowest BCUT2D eigenvalue weighted by Crippen LogP contribution is -2.56.